The van der Waals surface area contributed by atoms with E-state index >= 15 is 0 Å². The van der Waals surface area contributed by atoms with Crippen LogP contribution >= 0.6 is 11.6 Å². The number of H-pyrrole nitrogens is 1. The SMILES string of the molecule is O=C1CC(C(=O)Nc2ccc(F)c(Cl)c2)c2c(nc(Nc3ccc(F)cc3)[nH]c2=O)N1. The van der Waals surface area contributed by atoms with E-state index in [1.807, 2.05) is 0 Å². The average Bonchev–Trinajstić information content (AvgIpc) is 2.71. The average molecular weight is 446 g/mol. The molecule has 4 N–H and O–H groups in total. The topological polar surface area (TPSA) is 116 Å². The van der Waals surface area contributed by atoms with E-state index in [1.54, 1.807) is 0 Å². The first-order valence-electron chi connectivity index (χ1n) is 9.03. The number of nitrogens with zero attached hydrogens (tertiary/aromatic N) is 1. The summed E-state index contributed by atoms with van der Waals surface area (Å²) in [6.45, 7) is 0. The predicted molar refractivity (Wildman–Crippen MR) is 111 cm³/mol. The van der Waals surface area contributed by atoms with Crippen molar-refractivity contribution < 1.29 is 18.4 Å². The van der Waals surface area contributed by atoms with E-state index in [4.69, 9.17) is 11.6 Å². The van der Waals surface area contributed by atoms with Crippen LogP contribution in [0.25, 0.3) is 0 Å². The number of carbonyl (C=O) groups excluding carboxylic acids is 2. The molecule has 0 spiro atoms. The van der Waals surface area contributed by atoms with Gasteiger partial charge in [-0.3, -0.25) is 19.4 Å². The smallest absolute Gasteiger partial charge is 0.258 e. The zero-order valence-corrected chi connectivity index (χ0v) is 16.4. The molecule has 11 heteroatoms. The third kappa shape index (κ3) is 4.38. The second kappa shape index (κ2) is 8.15. The molecule has 3 aromatic rings. The summed E-state index contributed by atoms with van der Waals surface area (Å²) in [4.78, 5) is 44.3. The maximum Gasteiger partial charge on any atom is 0.258 e. The van der Waals surface area contributed by atoms with Crippen LogP contribution in [0.3, 0.4) is 0 Å². The van der Waals surface area contributed by atoms with E-state index in [0.29, 0.717) is 5.69 Å². The number of hydrogen-bond donors (Lipinski definition) is 4. The van der Waals surface area contributed by atoms with Gasteiger partial charge >= 0.3 is 0 Å². The lowest BCUT2D eigenvalue weighted by Crippen LogP contribution is -2.36. The van der Waals surface area contributed by atoms with E-state index in [9.17, 15) is 23.2 Å². The van der Waals surface area contributed by atoms with Crippen LogP contribution in [0.15, 0.2) is 47.3 Å². The number of nitrogens with one attached hydrogen (secondary N) is 4. The van der Waals surface area contributed by atoms with Gasteiger partial charge in [-0.1, -0.05) is 11.6 Å². The van der Waals surface area contributed by atoms with Crippen LogP contribution in [0, 0.1) is 11.6 Å². The molecule has 0 saturated heterocycles. The third-order valence-corrected chi connectivity index (χ3v) is 4.85. The lowest BCUT2D eigenvalue weighted by atomic mass is 9.92. The Bertz CT molecular complexity index is 1250. The number of hydrogen-bond acceptors (Lipinski definition) is 5. The second-order valence-corrected chi connectivity index (χ2v) is 7.14. The number of carbonyl (C=O) groups is 2. The zero-order valence-electron chi connectivity index (χ0n) is 15.6. The Kier molecular flexibility index (Phi) is 5.38. The van der Waals surface area contributed by atoms with Crippen LogP contribution < -0.4 is 21.5 Å². The molecular weight excluding hydrogens is 432 g/mol. The summed E-state index contributed by atoms with van der Waals surface area (Å²) in [6.07, 6.45) is -0.275. The van der Waals surface area contributed by atoms with Gasteiger partial charge in [0, 0.05) is 17.8 Å². The fourth-order valence-corrected chi connectivity index (χ4v) is 3.31. The number of amides is 2. The number of rotatable bonds is 4. The first kappa shape index (κ1) is 20.5. The van der Waals surface area contributed by atoms with E-state index in [1.165, 1.54) is 36.4 Å². The molecular formula is C20H14ClF2N5O3. The van der Waals surface area contributed by atoms with Gasteiger partial charge < -0.3 is 16.0 Å². The van der Waals surface area contributed by atoms with Gasteiger partial charge in [0.1, 0.15) is 17.5 Å². The largest absolute Gasteiger partial charge is 0.326 e. The van der Waals surface area contributed by atoms with E-state index in [2.05, 4.69) is 25.9 Å². The molecule has 8 nitrogen and oxygen atoms in total. The van der Waals surface area contributed by atoms with E-state index in [-0.39, 0.29) is 34.5 Å². The molecule has 0 radical (unpaired) electrons. The minimum absolute atomic E-state index is 0.00188. The summed E-state index contributed by atoms with van der Waals surface area (Å²) in [6, 6.07) is 8.94. The van der Waals surface area contributed by atoms with Gasteiger partial charge in [0.25, 0.3) is 5.56 Å². The fourth-order valence-electron chi connectivity index (χ4n) is 3.13. The van der Waals surface area contributed by atoms with Gasteiger partial charge in [0.2, 0.25) is 17.8 Å². The summed E-state index contributed by atoms with van der Waals surface area (Å²) in [5, 5.41) is 7.62. The van der Waals surface area contributed by atoms with Gasteiger partial charge in [-0.25, -0.2) is 8.78 Å². The predicted octanol–water partition coefficient (Wildman–Crippen LogP) is 3.51. The number of benzene rings is 2. The molecule has 0 saturated carbocycles. The van der Waals surface area contributed by atoms with Crippen molar-refractivity contribution in [2.24, 2.45) is 0 Å². The van der Waals surface area contributed by atoms with Crippen molar-refractivity contribution in [3.8, 4) is 0 Å². The first-order valence-corrected chi connectivity index (χ1v) is 9.40. The van der Waals surface area contributed by atoms with Gasteiger partial charge in [-0.15, -0.1) is 0 Å². The summed E-state index contributed by atoms with van der Waals surface area (Å²) in [5.41, 5.74) is 0.0129. The maximum absolute atomic E-state index is 13.3. The van der Waals surface area contributed by atoms with Gasteiger partial charge in [-0.2, -0.15) is 4.98 Å². The number of halogens is 3. The normalized spacial score (nSPS) is 15.1. The highest BCUT2D eigenvalue weighted by Crippen LogP contribution is 2.30. The van der Waals surface area contributed by atoms with Crippen LogP contribution in [0.4, 0.5) is 31.9 Å². The standard InChI is InChI=1S/C20H14ClF2N5O3/c21-13-7-11(5-6-14(13)23)24-18(30)12-8-15(29)26-17-16(12)19(31)28-20(27-17)25-10-3-1-9(22)2-4-10/h1-7,12H,8H2,(H,24,30)(H3,25,26,27,28,29,31). The van der Waals surface area contributed by atoms with Crippen molar-refractivity contribution in [2.45, 2.75) is 12.3 Å². The van der Waals surface area contributed by atoms with E-state index in [0.717, 1.165) is 6.07 Å². The lowest BCUT2D eigenvalue weighted by Gasteiger charge is -2.23. The molecule has 0 bridgehead atoms. The van der Waals surface area contributed by atoms with Crippen LogP contribution in [0.2, 0.25) is 5.02 Å². The van der Waals surface area contributed by atoms with Crippen molar-refractivity contribution in [3.63, 3.8) is 0 Å². The molecule has 158 valence electrons. The maximum atomic E-state index is 13.3. The highest BCUT2D eigenvalue weighted by atomic mass is 35.5. The van der Waals surface area contributed by atoms with Crippen molar-refractivity contribution in [1.82, 2.24) is 9.97 Å². The molecule has 2 aromatic carbocycles. The van der Waals surface area contributed by atoms with Gasteiger partial charge in [0.15, 0.2) is 0 Å². The summed E-state index contributed by atoms with van der Waals surface area (Å²) in [5.74, 6) is -3.42. The van der Waals surface area contributed by atoms with Crippen molar-refractivity contribution in [3.05, 3.63) is 75.0 Å². The molecule has 0 fully saturated rings. The number of fused-ring (bicyclic) bond motifs is 1. The quantitative estimate of drug-likeness (QED) is 0.490. The Balaban J connectivity index is 1.63. The monoisotopic (exact) mass is 445 g/mol. The number of anilines is 4. The Labute approximate surface area is 178 Å². The Morgan fingerprint density at radius 3 is 2.52 bits per heavy atom. The third-order valence-electron chi connectivity index (χ3n) is 4.56. The van der Waals surface area contributed by atoms with E-state index < -0.39 is 34.9 Å². The molecule has 31 heavy (non-hydrogen) atoms. The Morgan fingerprint density at radius 2 is 1.81 bits per heavy atom. The number of aromatic nitrogens is 2. The minimum atomic E-state index is -1.12. The van der Waals surface area contributed by atoms with Crippen LogP contribution in [-0.4, -0.2) is 21.8 Å². The molecule has 1 aliphatic heterocycles. The number of aromatic amines is 1. The highest BCUT2D eigenvalue weighted by molar-refractivity contribution is 6.31. The Morgan fingerprint density at radius 1 is 1.10 bits per heavy atom. The molecule has 1 aromatic heterocycles. The summed E-state index contributed by atoms with van der Waals surface area (Å²) < 4.78 is 26.4. The minimum Gasteiger partial charge on any atom is -0.326 e. The molecule has 1 unspecified atom stereocenters. The zero-order chi connectivity index (χ0) is 22.1. The molecule has 2 amide bonds. The molecule has 1 aliphatic rings. The van der Waals surface area contributed by atoms with Crippen molar-refractivity contribution in [2.75, 3.05) is 16.0 Å². The molecule has 0 aliphatic carbocycles. The molecule has 2 heterocycles. The van der Waals surface area contributed by atoms with Crippen LogP contribution in [0.5, 0.6) is 0 Å². The molecule has 4 rings (SSSR count). The van der Waals surface area contributed by atoms with Crippen molar-refractivity contribution in [1.29, 1.82) is 0 Å². The first-order chi connectivity index (χ1) is 14.8. The van der Waals surface area contributed by atoms with Crippen LogP contribution in [-0.2, 0) is 9.59 Å². The molecule has 1 atom stereocenters. The summed E-state index contributed by atoms with van der Waals surface area (Å²) in [7, 11) is 0. The Hall–Kier alpha value is -3.79. The lowest BCUT2D eigenvalue weighted by molar-refractivity contribution is -0.123. The summed E-state index contributed by atoms with van der Waals surface area (Å²) >= 11 is 5.72. The highest BCUT2D eigenvalue weighted by Gasteiger charge is 2.34. The fraction of sp³-hybridized carbons (Fsp3) is 0.100. The van der Waals surface area contributed by atoms with Gasteiger partial charge in [-0.05, 0) is 42.5 Å². The van der Waals surface area contributed by atoms with Crippen LogP contribution in [0.1, 0.15) is 17.9 Å². The second-order valence-electron chi connectivity index (χ2n) is 6.73. The van der Waals surface area contributed by atoms with Crippen molar-refractivity contribution >= 4 is 46.6 Å². The van der Waals surface area contributed by atoms with Gasteiger partial charge in [0.05, 0.1) is 16.5 Å².